The molecule has 0 atom stereocenters. The van der Waals surface area contributed by atoms with Crippen molar-refractivity contribution in [3.63, 3.8) is 0 Å². The topological polar surface area (TPSA) is 62.8 Å². The van der Waals surface area contributed by atoms with Gasteiger partial charge in [-0.3, -0.25) is 4.40 Å². The Kier molecular flexibility index (Phi) is 6.42. The van der Waals surface area contributed by atoms with Gasteiger partial charge in [-0.05, 0) is 44.0 Å². The highest BCUT2D eigenvalue weighted by Crippen LogP contribution is 2.25. The number of aromatic nitrogens is 2. The first-order valence-electron chi connectivity index (χ1n) is 11.6. The Hall–Kier alpha value is -3.84. The fraction of sp³-hybridized carbons (Fsp3) is 0.214. The molecule has 2 amide bonds. The third-order valence-electron chi connectivity index (χ3n) is 6.20. The predicted octanol–water partition coefficient (Wildman–Crippen LogP) is 6.86. The molecule has 2 aromatic carbocycles. The summed E-state index contributed by atoms with van der Waals surface area (Å²) in [6, 6.07) is 18.0. The van der Waals surface area contributed by atoms with Crippen LogP contribution in [-0.4, -0.2) is 26.9 Å². The summed E-state index contributed by atoms with van der Waals surface area (Å²) in [5.41, 5.74) is 7.35. The summed E-state index contributed by atoms with van der Waals surface area (Å²) in [6.07, 6.45) is 4.42. The Bertz CT molecular complexity index is 1430. The highest BCUT2D eigenvalue weighted by molar-refractivity contribution is 7.15. The van der Waals surface area contributed by atoms with Crippen LogP contribution in [0.1, 0.15) is 28.1 Å². The molecule has 1 N–H and O–H groups in total. The van der Waals surface area contributed by atoms with Gasteiger partial charge >= 0.3 is 6.03 Å². The van der Waals surface area contributed by atoms with Crippen LogP contribution in [0.4, 0.5) is 10.5 Å². The van der Waals surface area contributed by atoms with Gasteiger partial charge in [-0.2, -0.15) is 0 Å². The van der Waals surface area contributed by atoms with Gasteiger partial charge in [0.2, 0.25) is 0 Å². The first kappa shape index (κ1) is 22.9. The number of fused-ring (bicyclic) bond motifs is 1. The minimum Gasteiger partial charge on any atom is -0.467 e. The van der Waals surface area contributed by atoms with Crippen LogP contribution in [0.25, 0.3) is 16.2 Å². The third-order valence-corrected chi connectivity index (χ3v) is 7.08. The SMILES string of the molecule is Cc1ccc(-c2cn3c(CCN(Cc4ccco4)C(=O)Nc4c(C)cccc4C)csc3n2)cc1. The van der Waals surface area contributed by atoms with Crippen molar-refractivity contribution in [2.24, 2.45) is 0 Å². The van der Waals surface area contributed by atoms with E-state index in [0.29, 0.717) is 19.5 Å². The Labute approximate surface area is 208 Å². The summed E-state index contributed by atoms with van der Waals surface area (Å²) >= 11 is 1.62. The lowest BCUT2D eigenvalue weighted by Gasteiger charge is -2.23. The van der Waals surface area contributed by atoms with Gasteiger partial charge in [0.1, 0.15) is 5.76 Å². The molecule has 3 aromatic heterocycles. The Balaban J connectivity index is 1.36. The zero-order valence-corrected chi connectivity index (χ0v) is 20.9. The van der Waals surface area contributed by atoms with Crippen molar-refractivity contribution in [1.82, 2.24) is 14.3 Å². The summed E-state index contributed by atoms with van der Waals surface area (Å²) < 4.78 is 7.68. The van der Waals surface area contributed by atoms with E-state index in [2.05, 4.69) is 52.5 Å². The van der Waals surface area contributed by atoms with Crippen molar-refractivity contribution < 1.29 is 9.21 Å². The zero-order valence-electron chi connectivity index (χ0n) is 20.1. The van der Waals surface area contributed by atoms with Crippen LogP contribution >= 0.6 is 11.3 Å². The Morgan fingerprint density at radius 1 is 1.06 bits per heavy atom. The largest absolute Gasteiger partial charge is 0.467 e. The second kappa shape index (κ2) is 9.80. The van der Waals surface area contributed by atoms with Crippen molar-refractivity contribution in [2.45, 2.75) is 33.7 Å². The van der Waals surface area contributed by atoms with Crippen LogP contribution in [0.2, 0.25) is 0 Å². The van der Waals surface area contributed by atoms with E-state index in [1.807, 2.05) is 44.2 Å². The molecule has 0 radical (unpaired) electrons. The molecule has 0 saturated heterocycles. The Morgan fingerprint density at radius 2 is 1.83 bits per heavy atom. The maximum Gasteiger partial charge on any atom is 0.322 e. The van der Waals surface area contributed by atoms with Crippen molar-refractivity contribution in [2.75, 3.05) is 11.9 Å². The molecule has 35 heavy (non-hydrogen) atoms. The number of nitrogens with one attached hydrogen (secondary N) is 1. The number of anilines is 1. The van der Waals surface area contributed by atoms with Crippen LogP contribution < -0.4 is 5.32 Å². The highest BCUT2D eigenvalue weighted by Gasteiger charge is 2.19. The number of benzene rings is 2. The monoisotopic (exact) mass is 484 g/mol. The minimum absolute atomic E-state index is 0.142. The maximum atomic E-state index is 13.3. The number of nitrogens with zero attached hydrogens (tertiary/aromatic N) is 3. The number of carbonyl (C=O) groups is 1. The van der Waals surface area contributed by atoms with Gasteiger partial charge in [0.25, 0.3) is 0 Å². The maximum absolute atomic E-state index is 13.3. The lowest BCUT2D eigenvalue weighted by molar-refractivity contribution is 0.204. The number of carbonyl (C=O) groups excluding carboxylic acids is 1. The van der Waals surface area contributed by atoms with E-state index in [1.165, 1.54) is 5.56 Å². The van der Waals surface area contributed by atoms with E-state index in [0.717, 1.165) is 44.5 Å². The molecule has 7 heteroatoms. The standard InChI is InChI=1S/C28H28N4O2S/c1-19-9-11-22(12-10-19)25-17-32-23(18-35-28(32)29-25)13-14-31(16-24-8-5-15-34-24)27(33)30-26-20(2)6-4-7-21(26)3/h4-12,15,17-18H,13-14,16H2,1-3H3,(H,30,33). The molecule has 0 fully saturated rings. The second-order valence-corrected chi connectivity index (χ2v) is 9.66. The number of hydrogen-bond acceptors (Lipinski definition) is 4. The van der Waals surface area contributed by atoms with Crippen molar-refractivity contribution >= 4 is 28.0 Å². The summed E-state index contributed by atoms with van der Waals surface area (Å²) in [5, 5.41) is 5.24. The number of urea groups is 1. The van der Waals surface area contributed by atoms with E-state index < -0.39 is 0 Å². The van der Waals surface area contributed by atoms with Crippen LogP contribution in [-0.2, 0) is 13.0 Å². The number of rotatable bonds is 7. The molecule has 0 aliphatic heterocycles. The third kappa shape index (κ3) is 5.00. The molecule has 6 nitrogen and oxygen atoms in total. The van der Waals surface area contributed by atoms with E-state index in [1.54, 1.807) is 22.5 Å². The molecule has 5 rings (SSSR count). The number of hydrogen-bond donors (Lipinski definition) is 1. The predicted molar refractivity (Wildman–Crippen MR) is 141 cm³/mol. The molecule has 0 aliphatic rings. The first-order valence-corrected chi connectivity index (χ1v) is 12.5. The van der Waals surface area contributed by atoms with E-state index in [4.69, 9.17) is 9.40 Å². The molecule has 0 unspecified atom stereocenters. The number of furan rings is 1. The zero-order chi connectivity index (χ0) is 24.4. The van der Waals surface area contributed by atoms with Gasteiger partial charge in [-0.1, -0.05) is 48.0 Å². The summed E-state index contributed by atoms with van der Waals surface area (Å²) in [6.45, 7) is 7.04. The van der Waals surface area contributed by atoms with Crippen LogP contribution in [0, 0.1) is 20.8 Å². The lowest BCUT2D eigenvalue weighted by atomic mass is 10.1. The number of para-hydroxylation sites is 1. The molecule has 0 aliphatic carbocycles. The summed E-state index contributed by atoms with van der Waals surface area (Å²) in [7, 11) is 0. The molecule has 5 aromatic rings. The molecule has 0 saturated carbocycles. The van der Waals surface area contributed by atoms with E-state index in [9.17, 15) is 4.79 Å². The quantitative estimate of drug-likeness (QED) is 0.275. The first-order chi connectivity index (χ1) is 17.0. The van der Waals surface area contributed by atoms with Gasteiger partial charge in [0.15, 0.2) is 4.96 Å². The van der Waals surface area contributed by atoms with Crippen molar-refractivity contribution in [1.29, 1.82) is 0 Å². The fourth-order valence-electron chi connectivity index (χ4n) is 4.16. The molecule has 178 valence electrons. The normalized spacial score (nSPS) is 11.2. The van der Waals surface area contributed by atoms with Gasteiger partial charge in [0.05, 0.1) is 18.5 Å². The Morgan fingerprint density at radius 3 is 2.54 bits per heavy atom. The molecular formula is C28H28N4O2S. The van der Waals surface area contributed by atoms with Gasteiger partial charge in [-0.15, -0.1) is 11.3 Å². The molecule has 0 bridgehead atoms. The summed E-state index contributed by atoms with van der Waals surface area (Å²) in [5.74, 6) is 0.751. The number of thiazole rings is 1. The van der Waals surface area contributed by atoms with Crippen LogP contribution in [0.5, 0.6) is 0 Å². The molecular weight excluding hydrogens is 456 g/mol. The second-order valence-electron chi connectivity index (χ2n) is 8.82. The van der Waals surface area contributed by atoms with Crippen molar-refractivity contribution in [3.8, 4) is 11.3 Å². The lowest BCUT2D eigenvalue weighted by Crippen LogP contribution is -2.36. The average Bonchev–Trinajstić information content (AvgIpc) is 3.58. The van der Waals surface area contributed by atoms with E-state index >= 15 is 0 Å². The number of aryl methyl sites for hydroxylation is 3. The molecule has 0 spiro atoms. The summed E-state index contributed by atoms with van der Waals surface area (Å²) in [4.78, 5) is 20.9. The number of imidazole rings is 1. The van der Waals surface area contributed by atoms with Gasteiger partial charge in [0, 0.05) is 41.5 Å². The fourth-order valence-corrected chi connectivity index (χ4v) is 5.07. The van der Waals surface area contributed by atoms with E-state index in [-0.39, 0.29) is 6.03 Å². The smallest absolute Gasteiger partial charge is 0.322 e. The minimum atomic E-state index is -0.142. The highest BCUT2D eigenvalue weighted by atomic mass is 32.1. The van der Waals surface area contributed by atoms with Crippen LogP contribution in [0.3, 0.4) is 0 Å². The van der Waals surface area contributed by atoms with Crippen molar-refractivity contribution in [3.05, 3.63) is 101 Å². The van der Waals surface area contributed by atoms with Crippen LogP contribution in [0.15, 0.2) is 76.9 Å². The van der Waals surface area contributed by atoms with Gasteiger partial charge in [-0.25, -0.2) is 9.78 Å². The molecule has 3 heterocycles. The van der Waals surface area contributed by atoms with Gasteiger partial charge < -0.3 is 14.6 Å². The number of amides is 2. The average molecular weight is 485 g/mol.